The molecular weight excluding hydrogens is 364 g/mol. The quantitative estimate of drug-likeness (QED) is 0.383. The van der Waals surface area contributed by atoms with Crippen LogP contribution in [0.2, 0.25) is 0 Å². The van der Waals surface area contributed by atoms with E-state index in [9.17, 15) is 9.59 Å². The van der Waals surface area contributed by atoms with Gasteiger partial charge in [-0.15, -0.1) is 0 Å². The van der Waals surface area contributed by atoms with Crippen LogP contribution in [0.1, 0.15) is 45.2 Å². The van der Waals surface area contributed by atoms with Crippen LogP contribution in [-0.4, -0.2) is 17.9 Å². The molecule has 0 saturated carbocycles. The average molecular weight is 388 g/mol. The fraction of sp³-hybridized carbons (Fsp3) is 0.200. The SMILES string of the molecule is CC[C@H](OC(=O)c1ccc(COc2cccc(C)c2)cc1)C(=O)c1ccccc1. The van der Waals surface area contributed by atoms with Crippen molar-refractivity contribution in [3.05, 3.63) is 101 Å². The van der Waals surface area contributed by atoms with Gasteiger partial charge >= 0.3 is 5.97 Å². The van der Waals surface area contributed by atoms with Gasteiger partial charge in [0.2, 0.25) is 5.78 Å². The number of ketones is 1. The molecule has 0 spiro atoms. The molecule has 29 heavy (non-hydrogen) atoms. The molecule has 0 aliphatic carbocycles. The van der Waals surface area contributed by atoms with Crippen LogP contribution in [0.25, 0.3) is 0 Å². The maximum atomic E-state index is 12.5. The molecule has 0 unspecified atom stereocenters. The Kier molecular flexibility index (Phi) is 6.80. The van der Waals surface area contributed by atoms with E-state index in [0.717, 1.165) is 16.9 Å². The highest BCUT2D eigenvalue weighted by molar-refractivity contribution is 6.01. The van der Waals surface area contributed by atoms with Crippen LogP contribution in [0.15, 0.2) is 78.9 Å². The third-order valence-electron chi connectivity index (χ3n) is 4.56. The lowest BCUT2D eigenvalue weighted by molar-refractivity contribution is 0.0277. The number of rotatable bonds is 8. The monoisotopic (exact) mass is 388 g/mol. The Bertz CT molecular complexity index is 962. The lowest BCUT2D eigenvalue weighted by atomic mass is 10.0. The number of aryl methyl sites for hydroxylation is 1. The molecule has 0 aromatic heterocycles. The molecule has 3 rings (SSSR count). The van der Waals surface area contributed by atoms with Crippen LogP contribution in [0.3, 0.4) is 0 Å². The molecule has 4 nitrogen and oxygen atoms in total. The Hall–Kier alpha value is -3.40. The lowest BCUT2D eigenvalue weighted by Crippen LogP contribution is -2.26. The minimum atomic E-state index is -0.797. The predicted molar refractivity (Wildman–Crippen MR) is 112 cm³/mol. The summed E-state index contributed by atoms with van der Waals surface area (Å²) in [4.78, 5) is 25.0. The zero-order valence-electron chi connectivity index (χ0n) is 16.6. The first-order valence-electron chi connectivity index (χ1n) is 9.65. The van der Waals surface area contributed by atoms with Gasteiger partial charge in [0.25, 0.3) is 0 Å². The summed E-state index contributed by atoms with van der Waals surface area (Å²) in [5.74, 6) is 0.107. The fourth-order valence-corrected chi connectivity index (χ4v) is 2.92. The van der Waals surface area contributed by atoms with Gasteiger partial charge in [-0.2, -0.15) is 0 Å². The summed E-state index contributed by atoms with van der Waals surface area (Å²) in [7, 11) is 0. The largest absolute Gasteiger partial charge is 0.489 e. The maximum Gasteiger partial charge on any atom is 0.338 e. The number of hydrogen-bond donors (Lipinski definition) is 0. The lowest BCUT2D eigenvalue weighted by Gasteiger charge is -2.15. The molecule has 0 aliphatic rings. The molecule has 0 N–H and O–H groups in total. The van der Waals surface area contributed by atoms with E-state index < -0.39 is 12.1 Å². The van der Waals surface area contributed by atoms with Gasteiger partial charge < -0.3 is 9.47 Å². The first-order chi connectivity index (χ1) is 14.1. The molecule has 148 valence electrons. The average Bonchev–Trinajstić information content (AvgIpc) is 2.76. The van der Waals surface area contributed by atoms with Crippen molar-refractivity contribution < 1.29 is 19.1 Å². The normalized spacial score (nSPS) is 11.5. The van der Waals surface area contributed by atoms with Crippen molar-refractivity contribution in [2.45, 2.75) is 33.0 Å². The second kappa shape index (κ2) is 9.69. The van der Waals surface area contributed by atoms with Crippen LogP contribution in [0, 0.1) is 6.92 Å². The molecule has 1 atom stereocenters. The summed E-state index contributed by atoms with van der Waals surface area (Å²) >= 11 is 0. The molecule has 0 bridgehead atoms. The molecule has 0 fully saturated rings. The van der Waals surface area contributed by atoms with Gasteiger partial charge in [0.05, 0.1) is 5.56 Å². The van der Waals surface area contributed by atoms with E-state index in [-0.39, 0.29) is 5.78 Å². The maximum absolute atomic E-state index is 12.5. The zero-order chi connectivity index (χ0) is 20.6. The van der Waals surface area contributed by atoms with Gasteiger partial charge in [-0.05, 0) is 48.7 Å². The molecule has 4 heteroatoms. The summed E-state index contributed by atoms with van der Waals surface area (Å²) in [6, 6.07) is 23.8. The van der Waals surface area contributed by atoms with Crippen LogP contribution >= 0.6 is 0 Å². The Morgan fingerprint density at radius 1 is 0.862 bits per heavy atom. The van der Waals surface area contributed by atoms with E-state index in [1.165, 1.54) is 0 Å². The first-order valence-corrected chi connectivity index (χ1v) is 9.65. The van der Waals surface area contributed by atoms with Gasteiger partial charge in [-0.25, -0.2) is 4.79 Å². The number of ether oxygens (including phenoxy) is 2. The fourth-order valence-electron chi connectivity index (χ4n) is 2.92. The Morgan fingerprint density at radius 2 is 1.59 bits per heavy atom. The molecule has 0 heterocycles. The van der Waals surface area contributed by atoms with Crippen molar-refractivity contribution in [1.82, 2.24) is 0 Å². The van der Waals surface area contributed by atoms with Crippen molar-refractivity contribution >= 4 is 11.8 Å². The van der Waals surface area contributed by atoms with Gasteiger partial charge in [0.15, 0.2) is 6.10 Å². The van der Waals surface area contributed by atoms with E-state index in [0.29, 0.717) is 24.2 Å². The first kappa shape index (κ1) is 20.3. The molecule has 0 aliphatic heterocycles. The summed E-state index contributed by atoms with van der Waals surface area (Å²) in [6.45, 7) is 4.24. The molecule has 3 aromatic rings. The third-order valence-corrected chi connectivity index (χ3v) is 4.56. The smallest absolute Gasteiger partial charge is 0.338 e. The minimum absolute atomic E-state index is 0.190. The van der Waals surface area contributed by atoms with Crippen molar-refractivity contribution in [3.8, 4) is 5.75 Å². The van der Waals surface area contributed by atoms with Gasteiger partial charge in [-0.1, -0.05) is 61.5 Å². The number of hydrogen-bond acceptors (Lipinski definition) is 4. The van der Waals surface area contributed by atoms with Crippen molar-refractivity contribution in [2.24, 2.45) is 0 Å². The number of carbonyl (C=O) groups excluding carboxylic acids is 2. The highest BCUT2D eigenvalue weighted by Gasteiger charge is 2.23. The Balaban J connectivity index is 1.60. The number of esters is 1. The van der Waals surface area contributed by atoms with E-state index in [1.54, 1.807) is 36.4 Å². The highest BCUT2D eigenvalue weighted by atomic mass is 16.5. The van der Waals surface area contributed by atoms with Crippen molar-refractivity contribution in [3.63, 3.8) is 0 Å². The number of Topliss-reactive ketones (excluding diaryl/α,β-unsaturated/α-hetero) is 1. The van der Waals surface area contributed by atoms with Gasteiger partial charge in [0.1, 0.15) is 12.4 Å². The minimum Gasteiger partial charge on any atom is -0.489 e. The molecular formula is C25H24O4. The molecule has 0 radical (unpaired) electrons. The van der Waals surface area contributed by atoms with Crippen LogP contribution in [0.5, 0.6) is 5.75 Å². The number of benzene rings is 3. The second-order valence-electron chi connectivity index (χ2n) is 6.83. The number of carbonyl (C=O) groups is 2. The highest BCUT2D eigenvalue weighted by Crippen LogP contribution is 2.16. The Labute approximate surface area is 171 Å². The van der Waals surface area contributed by atoms with Crippen LogP contribution < -0.4 is 4.74 Å². The molecule has 0 amide bonds. The van der Waals surface area contributed by atoms with Crippen molar-refractivity contribution in [1.29, 1.82) is 0 Å². The standard InChI is InChI=1S/C25H24O4/c1-3-23(24(26)20-9-5-4-6-10-20)29-25(27)21-14-12-19(13-15-21)17-28-22-11-7-8-18(2)16-22/h4-16,23H,3,17H2,1-2H3/t23-/m0/s1. The predicted octanol–water partition coefficient (Wildman–Crippen LogP) is 5.39. The second-order valence-corrected chi connectivity index (χ2v) is 6.83. The van der Waals surface area contributed by atoms with E-state index >= 15 is 0 Å². The molecule has 0 saturated heterocycles. The van der Waals surface area contributed by atoms with Crippen molar-refractivity contribution in [2.75, 3.05) is 0 Å². The third kappa shape index (κ3) is 5.55. The van der Waals surface area contributed by atoms with E-state index in [1.807, 2.05) is 56.3 Å². The summed E-state index contributed by atoms with van der Waals surface area (Å²) < 4.78 is 11.2. The molecule has 3 aromatic carbocycles. The zero-order valence-corrected chi connectivity index (χ0v) is 16.6. The summed E-state index contributed by atoms with van der Waals surface area (Å²) in [6.07, 6.45) is -0.378. The summed E-state index contributed by atoms with van der Waals surface area (Å²) in [5.41, 5.74) is 3.02. The Morgan fingerprint density at radius 3 is 2.24 bits per heavy atom. The van der Waals surface area contributed by atoms with Crippen LogP contribution in [0.4, 0.5) is 0 Å². The summed E-state index contributed by atoms with van der Waals surface area (Å²) in [5, 5.41) is 0. The van der Waals surface area contributed by atoms with E-state index in [2.05, 4.69) is 0 Å². The van der Waals surface area contributed by atoms with Gasteiger partial charge in [0, 0.05) is 5.56 Å². The van der Waals surface area contributed by atoms with E-state index in [4.69, 9.17) is 9.47 Å². The van der Waals surface area contributed by atoms with Crippen LogP contribution in [-0.2, 0) is 11.3 Å². The topological polar surface area (TPSA) is 52.6 Å². The van der Waals surface area contributed by atoms with Gasteiger partial charge in [-0.3, -0.25) is 4.79 Å².